The Morgan fingerprint density at radius 3 is 2.81 bits per heavy atom. The number of rotatable bonds is 5. The predicted octanol–water partition coefficient (Wildman–Crippen LogP) is 1.06. The van der Waals surface area contributed by atoms with Crippen molar-refractivity contribution in [2.24, 2.45) is 5.73 Å². The maximum atomic E-state index is 10.5. The summed E-state index contributed by atoms with van der Waals surface area (Å²) in [6.45, 7) is 4.28. The van der Waals surface area contributed by atoms with E-state index in [0.29, 0.717) is 0 Å². The van der Waals surface area contributed by atoms with Gasteiger partial charge in [0.05, 0.1) is 0 Å². The molecule has 4 heteroatoms. The van der Waals surface area contributed by atoms with Crippen LogP contribution >= 0.6 is 0 Å². The molecule has 4 N–H and O–H groups in total. The molecule has 1 aromatic rings. The molecule has 2 atom stereocenters. The first kappa shape index (κ1) is 12.7. The molecule has 0 fully saturated rings. The quantitative estimate of drug-likeness (QED) is 0.696. The van der Waals surface area contributed by atoms with E-state index in [4.69, 9.17) is 10.8 Å². The van der Waals surface area contributed by atoms with Gasteiger partial charge in [0.15, 0.2) is 0 Å². The number of carbonyl (C=O) groups is 1. The minimum absolute atomic E-state index is 0.102. The summed E-state index contributed by atoms with van der Waals surface area (Å²) < 4.78 is 0. The highest BCUT2D eigenvalue weighted by atomic mass is 16.4. The fourth-order valence-electron chi connectivity index (χ4n) is 1.45. The van der Waals surface area contributed by atoms with Crippen molar-refractivity contribution in [3.05, 3.63) is 35.4 Å². The Bertz CT molecular complexity index is 366. The van der Waals surface area contributed by atoms with E-state index >= 15 is 0 Å². The predicted molar refractivity (Wildman–Crippen MR) is 63.2 cm³/mol. The van der Waals surface area contributed by atoms with Gasteiger partial charge in [-0.25, -0.2) is 0 Å². The first-order chi connectivity index (χ1) is 7.50. The largest absolute Gasteiger partial charge is 0.480 e. The molecule has 1 unspecified atom stereocenters. The third-order valence-electron chi connectivity index (χ3n) is 2.50. The van der Waals surface area contributed by atoms with Crippen molar-refractivity contribution in [3.8, 4) is 0 Å². The zero-order valence-electron chi connectivity index (χ0n) is 9.60. The fourth-order valence-corrected chi connectivity index (χ4v) is 1.45. The minimum Gasteiger partial charge on any atom is -0.480 e. The van der Waals surface area contributed by atoms with Crippen molar-refractivity contribution in [1.29, 1.82) is 0 Å². The molecule has 1 aromatic carbocycles. The minimum atomic E-state index is -0.982. The van der Waals surface area contributed by atoms with E-state index in [1.165, 1.54) is 5.56 Å². The highest BCUT2D eigenvalue weighted by molar-refractivity contribution is 5.73. The molecule has 0 aromatic heterocycles. The molecule has 0 spiro atoms. The fraction of sp³-hybridized carbons (Fsp3) is 0.417. The average Bonchev–Trinajstić information content (AvgIpc) is 2.25. The standard InChI is InChI=1S/C12H18N2O2/c1-8-4-3-5-10(6-8)9(2)14-7-11(13)12(15)16/h3-6,9,11,14H,7,13H2,1-2H3,(H,15,16)/t9-,11?/m0/s1. The van der Waals surface area contributed by atoms with Crippen LogP contribution in [0.4, 0.5) is 0 Å². The van der Waals surface area contributed by atoms with Gasteiger partial charge in [-0.3, -0.25) is 4.79 Å². The molecule has 0 amide bonds. The summed E-state index contributed by atoms with van der Waals surface area (Å²) >= 11 is 0. The van der Waals surface area contributed by atoms with E-state index in [1.807, 2.05) is 32.0 Å². The number of hydrogen-bond acceptors (Lipinski definition) is 3. The van der Waals surface area contributed by atoms with Gasteiger partial charge in [-0.2, -0.15) is 0 Å². The van der Waals surface area contributed by atoms with Gasteiger partial charge in [0.25, 0.3) is 0 Å². The highest BCUT2D eigenvalue weighted by Crippen LogP contribution is 2.13. The second-order valence-corrected chi connectivity index (χ2v) is 3.99. The van der Waals surface area contributed by atoms with Gasteiger partial charge >= 0.3 is 5.97 Å². The smallest absolute Gasteiger partial charge is 0.321 e. The third-order valence-corrected chi connectivity index (χ3v) is 2.50. The van der Waals surface area contributed by atoms with Crippen LogP contribution in [0.5, 0.6) is 0 Å². The maximum absolute atomic E-state index is 10.5. The summed E-state index contributed by atoms with van der Waals surface area (Å²) in [6.07, 6.45) is 0. The van der Waals surface area contributed by atoms with Gasteiger partial charge in [0.2, 0.25) is 0 Å². The van der Waals surface area contributed by atoms with E-state index in [0.717, 1.165) is 5.56 Å². The zero-order valence-corrected chi connectivity index (χ0v) is 9.60. The summed E-state index contributed by atoms with van der Waals surface area (Å²) in [7, 11) is 0. The average molecular weight is 222 g/mol. The van der Waals surface area contributed by atoms with Crippen LogP contribution in [-0.4, -0.2) is 23.7 Å². The van der Waals surface area contributed by atoms with E-state index in [-0.39, 0.29) is 12.6 Å². The third kappa shape index (κ3) is 3.64. The van der Waals surface area contributed by atoms with Crippen molar-refractivity contribution in [2.75, 3.05) is 6.54 Å². The second-order valence-electron chi connectivity index (χ2n) is 3.99. The Hall–Kier alpha value is -1.39. The first-order valence-electron chi connectivity index (χ1n) is 5.29. The van der Waals surface area contributed by atoms with Crippen LogP contribution in [0.1, 0.15) is 24.1 Å². The van der Waals surface area contributed by atoms with Crippen LogP contribution < -0.4 is 11.1 Å². The van der Waals surface area contributed by atoms with Crippen LogP contribution in [0, 0.1) is 6.92 Å². The molecule has 0 aliphatic rings. The summed E-state index contributed by atoms with van der Waals surface area (Å²) in [5, 5.41) is 11.7. The SMILES string of the molecule is Cc1cccc([C@H](C)NCC(N)C(=O)O)c1. The summed E-state index contributed by atoms with van der Waals surface area (Å²) in [6, 6.07) is 7.35. The molecule has 0 heterocycles. The van der Waals surface area contributed by atoms with Crippen LogP contribution in [0.25, 0.3) is 0 Å². The number of benzene rings is 1. The number of nitrogens with one attached hydrogen (secondary N) is 1. The molecular formula is C12H18N2O2. The molecule has 1 rings (SSSR count). The Labute approximate surface area is 95.5 Å². The molecule has 0 saturated carbocycles. The summed E-state index contributed by atoms with van der Waals surface area (Å²) in [4.78, 5) is 10.5. The number of aliphatic carboxylic acids is 1. The molecule has 0 saturated heterocycles. The Kier molecular flexibility index (Phi) is 4.46. The second kappa shape index (κ2) is 5.63. The summed E-state index contributed by atoms with van der Waals surface area (Å²) in [5.41, 5.74) is 7.74. The Morgan fingerprint density at radius 2 is 2.25 bits per heavy atom. The molecule has 88 valence electrons. The van der Waals surface area contributed by atoms with Crippen LogP contribution in [0.2, 0.25) is 0 Å². The van der Waals surface area contributed by atoms with Gasteiger partial charge in [0, 0.05) is 12.6 Å². The van der Waals surface area contributed by atoms with Crippen molar-refractivity contribution >= 4 is 5.97 Å². The van der Waals surface area contributed by atoms with Crippen molar-refractivity contribution in [1.82, 2.24) is 5.32 Å². The van der Waals surface area contributed by atoms with Crippen LogP contribution in [0.15, 0.2) is 24.3 Å². The first-order valence-corrected chi connectivity index (χ1v) is 5.29. The van der Waals surface area contributed by atoms with Gasteiger partial charge in [-0.15, -0.1) is 0 Å². The van der Waals surface area contributed by atoms with Gasteiger partial charge in [-0.05, 0) is 19.4 Å². The molecule has 0 aliphatic heterocycles. The summed E-state index contributed by atoms with van der Waals surface area (Å²) in [5.74, 6) is -0.982. The van der Waals surface area contributed by atoms with Gasteiger partial charge in [0.1, 0.15) is 6.04 Å². The number of aryl methyl sites for hydroxylation is 1. The highest BCUT2D eigenvalue weighted by Gasteiger charge is 2.13. The number of nitrogens with two attached hydrogens (primary N) is 1. The lowest BCUT2D eigenvalue weighted by Gasteiger charge is -2.16. The van der Waals surface area contributed by atoms with E-state index < -0.39 is 12.0 Å². The lowest BCUT2D eigenvalue weighted by atomic mass is 10.1. The molecule has 4 nitrogen and oxygen atoms in total. The van der Waals surface area contributed by atoms with E-state index in [2.05, 4.69) is 11.4 Å². The maximum Gasteiger partial charge on any atom is 0.321 e. The van der Waals surface area contributed by atoms with Crippen molar-refractivity contribution in [2.45, 2.75) is 25.9 Å². The van der Waals surface area contributed by atoms with Crippen molar-refractivity contribution in [3.63, 3.8) is 0 Å². The molecule has 0 radical (unpaired) electrons. The molecule has 16 heavy (non-hydrogen) atoms. The van der Waals surface area contributed by atoms with Gasteiger partial charge in [-0.1, -0.05) is 29.8 Å². The topological polar surface area (TPSA) is 75.3 Å². The van der Waals surface area contributed by atoms with E-state index in [9.17, 15) is 4.79 Å². The molecule has 0 aliphatic carbocycles. The molecule has 0 bridgehead atoms. The van der Waals surface area contributed by atoms with Gasteiger partial charge < -0.3 is 16.2 Å². The lowest BCUT2D eigenvalue weighted by molar-refractivity contribution is -0.138. The monoisotopic (exact) mass is 222 g/mol. The number of hydrogen-bond donors (Lipinski definition) is 3. The number of carboxylic acids is 1. The van der Waals surface area contributed by atoms with Crippen LogP contribution in [0.3, 0.4) is 0 Å². The Morgan fingerprint density at radius 1 is 1.56 bits per heavy atom. The normalized spacial score (nSPS) is 14.4. The van der Waals surface area contributed by atoms with E-state index in [1.54, 1.807) is 0 Å². The zero-order chi connectivity index (χ0) is 12.1. The Balaban J connectivity index is 2.52. The van der Waals surface area contributed by atoms with Crippen LogP contribution in [-0.2, 0) is 4.79 Å². The lowest BCUT2D eigenvalue weighted by Crippen LogP contribution is -2.41. The number of carboxylic acid groups (broad SMARTS) is 1. The molecular weight excluding hydrogens is 204 g/mol. The van der Waals surface area contributed by atoms with Crippen molar-refractivity contribution < 1.29 is 9.90 Å².